The van der Waals surface area contributed by atoms with E-state index in [1.807, 2.05) is 24.3 Å². The maximum atomic E-state index is 11.8. The van der Waals surface area contributed by atoms with Crippen molar-refractivity contribution in [2.75, 3.05) is 5.75 Å². The highest BCUT2D eigenvalue weighted by Gasteiger charge is 2.20. The minimum Gasteiger partial charge on any atom is -0.393 e. The number of benzene rings is 1. The maximum Gasteiger partial charge on any atom is 0.230 e. The van der Waals surface area contributed by atoms with Crippen LogP contribution in [0, 0.1) is 0 Å². The number of rotatable bonds is 4. The highest BCUT2D eigenvalue weighted by atomic mass is 35.5. The second kappa shape index (κ2) is 7.17. The second-order valence-corrected chi connectivity index (χ2v) is 6.22. The summed E-state index contributed by atoms with van der Waals surface area (Å²) < 4.78 is 0. The van der Waals surface area contributed by atoms with Crippen LogP contribution in [0.2, 0.25) is 5.02 Å². The Labute approximate surface area is 122 Å². The number of hydrogen-bond acceptors (Lipinski definition) is 3. The average Bonchev–Trinajstić information content (AvgIpc) is 2.40. The van der Waals surface area contributed by atoms with E-state index < -0.39 is 0 Å². The van der Waals surface area contributed by atoms with Gasteiger partial charge < -0.3 is 10.4 Å². The molecule has 2 rings (SSSR count). The van der Waals surface area contributed by atoms with Gasteiger partial charge in [-0.25, -0.2) is 0 Å². The molecule has 0 atom stereocenters. The number of aliphatic hydroxyl groups is 1. The molecular formula is C14H18ClNO2S. The molecule has 0 heterocycles. The van der Waals surface area contributed by atoms with Crippen molar-refractivity contribution in [2.45, 2.75) is 42.7 Å². The number of halogens is 1. The van der Waals surface area contributed by atoms with Gasteiger partial charge >= 0.3 is 0 Å². The van der Waals surface area contributed by atoms with E-state index >= 15 is 0 Å². The summed E-state index contributed by atoms with van der Waals surface area (Å²) in [5.41, 5.74) is 0. The number of aliphatic hydroxyl groups excluding tert-OH is 1. The summed E-state index contributed by atoms with van der Waals surface area (Å²) in [6.07, 6.45) is 3.10. The topological polar surface area (TPSA) is 49.3 Å². The van der Waals surface area contributed by atoms with E-state index in [0.717, 1.165) is 30.6 Å². The number of thioether (sulfide) groups is 1. The fraction of sp³-hybridized carbons (Fsp3) is 0.500. The first-order valence-electron chi connectivity index (χ1n) is 6.50. The SMILES string of the molecule is O=C(CSc1ccccc1Cl)NC1CCC(O)CC1. The summed E-state index contributed by atoms with van der Waals surface area (Å²) in [6, 6.07) is 7.73. The van der Waals surface area contributed by atoms with E-state index in [1.165, 1.54) is 11.8 Å². The van der Waals surface area contributed by atoms with Crippen molar-refractivity contribution in [3.05, 3.63) is 29.3 Å². The van der Waals surface area contributed by atoms with Crippen LogP contribution in [0.4, 0.5) is 0 Å². The van der Waals surface area contributed by atoms with Gasteiger partial charge in [0.2, 0.25) is 5.91 Å². The van der Waals surface area contributed by atoms with Crippen LogP contribution in [-0.4, -0.2) is 28.9 Å². The molecule has 104 valence electrons. The molecule has 1 fully saturated rings. The third-order valence-corrected chi connectivity index (χ3v) is 4.77. The molecule has 19 heavy (non-hydrogen) atoms. The van der Waals surface area contributed by atoms with E-state index in [1.54, 1.807) is 0 Å². The molecule has 0 aromatic heterocycles. The Morgan fingerprint density at radius 3 is 2.68 bits per heavy atom. The van der Waals surface area contributed by atoms with Gasteiger partial charge in [-0.05, 0) is 37.8 Å². The van der Waals surface area contributed by atoms with E-state index in [9.17, 15) is 9.90 Å². The van der Waals surface area contributed by atoms with Crippen molar-refractivity contribution >= 4 is 29.3 Å². The molecule has 0 saturated heterocycles. The third-order valence-electron chi connectivity index (χ3n) is 3.26. The molecule has 1 aliphatic carbocycles. The van der Waals surface area contributed by atoms with E-state index in [0.29, 0.717) is 10.8 Å². The van der Waals surface area contributed by atoms with Gasteiger partial charge in [0.25, 0.3) is 0 Å². The van der Waals surface area contributed by atoms with E-state index in [2.05, 4.69) is 5.32 Å². The van der Waals surface area contributed by atoms with Gasteiger partial charge in [0.1, 0.15) is 0 Å². The molecule has 5 heteroatoms. The van der Waals surface area contributed by atoms with E-state index in [-0.39, 0.29) is 18.1 Å². The summed E-state index contributed by atoms with van der Waals surface area (Å²) >= 11 is 7.49. The fourth-order valence-corrected chi connectivity index (χ4v) is 3.24. The summed E-state index contributed by atoms with van der Waals surface area (Å²) in [7, 11) is 0. The lowest BCUT2D eigenvalue weighted by molar-refractivity contribution is -0.119. The zero-order valence-corrected chi connectivity index (χ0v) is 12.2. The molecule has 3 nitrogen and oxygen atoms in total. The number of carbonyl (C=O) groups is 1. The van der Waals surface area contributed by atoms with Gasteiger partial charge in [-0.15, -0.1) is 11.8 Å². The van der Waals surface area contributed by atoms with Crippen LogP contribution in [0.3, 0.4) is 0 Å². The molecule has 0 spiro atoms. The number of amides is 1. The predicted octanol–water partition coefficient (Wildman–Crippen LogP) is 2.85. The Morgan fingerprint density at radius 1 is 1.32 bits per heavy atom. The van der Waals surface area contributed by atoms with Gasteiger partial charge in [0.05, 0.1) is 16.9 Å². The molecule has 1 aromatic carbocycles. The van der Waals surface area contributed by atoms with Gasteiger partial charge in [-0.3, -0.25) is 4.79 Å². The molecule has 1 aromatic rings. The molecule has 1 saturated carbocycles. The molecule has 0 radical (unpaired) electrons. The molecular weight excluding hydrogens is 282 g/mol. The normalized spacial score (nSPS) is 23.1. The lowest BCUT2D eigenvalue weighted by atomic mass is 9.93. The van der Waals surface area contributed by atoms with Crippen molar-refractivity contribution in [3.8, 4) is 0 Å². The van der Waals surface area contributed by atoms with Crippen molar-refractivity contribution in [2.24, 2.45) is 0 Å². The molecule has 0 unspecified atom stereocenters. The van der Waals surface area contributed by atoms with Crippen molar-refractivity contribution in [1.29, 1.82) is 0 Å². The highest BCUT2D eigenvalue weighted by molar-refractivity contribution is 8.00. The van der Waals surface area contributed by atoms with E-state index in [4.69, 9.17) is 11.6 Å². The van der Waals surface area contributed by atoms with Crippen LogP contribution in [-0.2, 0) is 4.79 Å². The van der Waals surface area contributed by atoms with Gasteiger partial charge in [-0.1, -0.05) is 23.7 Å². The van der Waals surface area contributed by atoms with Crippen molar-refractivity contribution in [3.63, 3.8) is 0 Å². The smallest absolute Gasteiger partial charge is 0.230 e. The van der Waals surface area contributed by atoms with Crippen LogP contribution >= 0.6 is 23.4 Å². The Bertz CT molecular complexity index is 433. The monoisotopic (exact) mass is 299 g/mol. The van der Waals surface area contributed by atoms with Gasteiger partial charge in [-0.2, -0.15) is 0 Å². The Kier molecular flexibility index (Phi) is 5.55. The number of hydrogen-bond donors (Lipinski definition) is 2. The van der Waals surface area contributed by atoms with Crippen LogP contribution in [0.5, 0.6) is 0 Å². The first kappa shape index (κ1) is 14.7. The molecule has 2 N–H and O–H groups in total. The van der Waals surface area contributed by atoms with Crippen molar-refractivity contribution in [1.82, 2.24) is 5.32 Å². The standard InChI is InChI=1S/C14H18ClNO2S/c15-12-3-1-2-4-13(12)19-9-14(18)16-10-5-7-11(17)8-6-10/h1-4,10-11,17H,5-9H2,(H,16,18). The summed E-state index contributed by atoms with van der Waals surface area (Å²) in [6.45, 7) is 0. The second-order valence-electron chi connectivity index (χ2n) is 4.79. The zero-order valence-electron chi connectivity index (χ0n) is 10.6. The third kappa shape index (κ3) is 4.71. The van der Waals surface area contributed by atoms with Crippen molar-refractivity contribution < 1.29 is 9.90 Å². The Hall–Kier alpha value is -0.710. The summed E-state index contributed by atoms with van der Waals surface area (Å²) in [4.78, 5) is 12.8. The van der Waals surface area contributed by atoms with Crippen LogP contribution in [0.25, 0.3) is 0 Å². The molecule has 0 bridgehead atoms. The van der Waals surface area contributed by atoms with Crippen LogP contribution < -0.4 is 5.32 Å². The fourth-order valence-electron chi connectivity index (χ4n) is 2.19. The Morgan fingerprint density at radius 2 is 2.00 bits per heavy atom. The number of carbonyl (C=O) groups excluding carboxylic acids is 1. The van der Waals surface area contributed by atoms with Gasteiger partial charge in [0.15, 0.2) is 0 Å². The molecule has 1 aliphatic rings. The van der Waals surface area contributed by atoms with Gasteiger partial charge in [0, 0.05) is 10.9 Å². The molecule has 0 aliphatic heterocycles. The first-order chi connectivity index (χ1) is 9.15. The summed E-state index contributed by atoms with van der Waals surface area (Å²) in [5, 5.41) is 13.1. The number of nitrogens with one attached hydrogen (secondary N) is 1. The van der Waals surface area contributed by atoms with Crippen LogP contribution in [0.1, 0.15) is 25.7 Å². The van der Waals surface area contributed by atoms with Crippen LogP contribution in [0.15, 0.2) is 29.2 Å². The predicted molar refractivity (Wildman–Crippen MR) is 78.6 cm³/mol. The minimum absolute atomic E-state index is 0.0336. The lowest BCUT2D eigenvalue weighted by Gasteiger charge is -2.26. The quantitative estimate of drug-likeness (QED) is 0.841. The minimum atomic E-state index is -0.189. The first-order valence-corrected chi connectivity index (χ1v) is 7.86. The largest absolute Gasteiger partial charge is 0.393 e. The summed E-state index contributed by atoms with van der Waals surface area (Å²) in [5.74, 6) is 0.411. The zero-order chi connectivity index (χ0) is 13.7. The maximum absolute atomic E-state index is 11.8. The Balaban J connectivity index is 1.74. The highest BCUT2D eigenvalue weighted by Crippen LogP contribution is 2.26. The average molecular weight is 300 g/mol. The molecule has 1 amide bonds. The lowest BCUT2D eigenvalue weighted by Crippen LogP contribution is -2.39.